The summed E-state index contributed by atoms with van der Waals surface area (Å²) in [5, 5.41) is 1.80. The van der Waals surface area contributed by atoms with Gasteiger partial charge in [0.05, 0.1) is 33.8 Å². The fraction of sp³-hybridized carbons (Fsp3) is 0. The standard InChI is InChI=1S/C109H69BN14/c1-10-33-70(34-11-1)90-69-91(71-35-12-2-13-36-71)112-105(111-90)81-59-63-94(124-92-61-57-79(107-115-100(72-37-14-3-15-38-72)113-101(116-107)73-39-16-4-17-40-73)66-85(92)86-67-80(58-62-93(86)124)108-117-102(74-41-18-5-19-42-74)114-103(118-108)75-43-20-6-21-44-75)87(68-81)109-120-104(76-45-22-7-23-46-76)119-106(121-109)78-48-32-47-77(65-78)84-60-64-97-98-99(84)123(83-51-26-9-27-52-83)96-56-31-29-54-89(96)110(98)88-53-28-30-55-95(88)122(97)82-49-24-8-25-50-82/h1-69H. The zero-order chi connectivity index (χ0) is 82.0. The van der Waals surface area contributed by atoms with Crippen molar-refractivity contribution in [1.82, 2.24) is 59.4 Å². The largest absolute Gasteiger partial charge is 0.311 e. The van der Waals surface area contributed by atoms with Crippen LogP contribution in [0, 0.1) is 0 Å². The summed E-state index contributed by atoms with van der Waals surface area (Å²) in [5.74, 6) is 5.09. The zero-order valence-electron chi connectivity index (χ0n) is 66.7. The van der Waals surface area contributed by atoms with Crippen LogP contribution in [0.5, 0.6) is 0 Å². The number of rotatable bonds is 16. The van der Waals surface area contributed by atoms with E-state index in [0.29, 0.717) is 63.8 Å². The van der Waals surface area contributed by atoms with Crippen LogP contribution in [0.3, 0.4) is 0 Å². The molecule has 578 valence electrons. The van der Waals surface area contributed by atoms with Gasteiger partial charge in [0.1, 0.15) is 0 Å². The van der Waals surface area contributed by atoms with Crippen LogP contribution >= 0.6 is 0 Å². The summed E-state index contributed by atoms with van der Waals surface area (Å²) in [5.41, 5.74) is 26.2. The summed E-state index contributed by atoms with van der Waals surface area (Å²) < 4.78 is 2.32. The highest BCUT2D eigenvalue weighted by Gasteiger charge is 2.44. The average molecular weight is 1590 g/mol. The van der Waals surface area contributed by atoms with Crippen molar-refractivity contribution in [3.05, 3.63) is 419 Å². The van der Waals surface area contributed by atoms with Gasteiger partial charge in [-0.2, -0.15) is 0 Å². The van der Waals surface area contributed by atoms with Crippen molar-refractivity contribution in [1.29, 1.82) is 0 Å². The summed E-state index contributed by atoms with van der Waals surface area (Å²) in [6.07, 6.45) is 0. The Balaban J connectivity index is 0.770. The van der Waals surface area contributed by atoms with Gasteiger partial charge in [-0.1, -0.05) is 309 Å². The molecule has 15 heteroatoms. The minimum Gasteiger partial charge on any atom is -0.311 e. The van der Waals surface area contributed by atoms with E-state index in [4.69, 9.17) is 54.8 Å². The molecular weight excluding hydrogens is 1520 g/mol. The maximum atomic E-state index is 5.83. The summed E-state index contributed by atoms with van der Waals surface area (Å²) >= 11 is 0. The van der Waals surface area contributed by atoms with E-state index in [-0.39, 0.29) is 6.71 Å². The molecule has 0 unspecified atom stereocenters. The Bertz CT molecular complexity index is 7300. The fourth-order valence-electron chi connectivity index (χ4n) is 17.6. The van der Waals surface area contributed by atoms with Crippen molar-refractivity contribution < 1.29 is 0 Å². The molecule has 0 fully saturated rings. The van der Waals surface area contributed by atoms with Gasteiger partial charge in [0.15, 0.2) is 58.2 Å². The maximum Gasteiger partial charge on any atom is 0.252 e. The molecule has 0 spiro atoms. The third-order valence-electron chi connectivity index (χ3n) is 23.3. The first kappa shape index (κ1) is 72.3. The summed E-state index contributed by atoms with van der Waals surface area (Å²) in [6, 6.07) is 145. The predicted octanol–water partition coefficient (Wildman–Crippen LogP) is 23.9. The third kappa shape index (κ3) is 13.1. The van der Waals surface area contributed by atoms with Gasteiger partial charge in [0.25, 0.3) is 6.71 Å². The molecule has 124 heavy (non-hydrogen) atoms. The van der Waals surface area contributed by atoms with Crippen LogP contribution in [0.25, 0.3) is 175 Å². The lowest BCUT2D eigenvalue weighted by Gasteiger charge is -2.45. The molecule has 0 bridgehead atoms. The molecule has 0 aliphatic carbocycles. The molecule has 14 nitrogen and oxygen atoms in total. The van der Waals surface area contributed by atoms with Crippen molar-refractivity contribution in [2.45, 2.75) is 0 Å². The van der Waals surface area contributed by atoms with E-state index in [2.05, 4.69) is 257 Å². The molecule has 0 N–H and O–H groups in total. The Morgan fingerprint density at radius 3 is 0.935 bits per heavy atom. The quantitative estimate of drug-likeness (QED) is 0.0844. The molecule has 23 rings (SSSR count). The molecule has 0 amide bonds. The van der Waals surface area contributed by atoms with E-state index in [0.717, 1.165) is 145 Å². The Morgan fingerprint density at radius 1 is 0.185 bits per heavy atom. The van der Waals surface area contributed by atoms with Crippen molar-refractivity contribution >= 4 is 79.0 Å². The molecule has 0 saturated carbocycles. The van der Waals surface area contributed by atoms with E-state index in [9.17, 15) is 0 Å². The molecule has 16 aromatic carbocycles. The predicted molar refractivity (Wildman–Crippen MR) is 501 cm³/mol. The molecule has 7 heterocycles. The van der Waals surface area contributed by atoms with Crippen molar-refractivity contribution in [3.8, 4) is 153 Å². The Hall–Kier alpha value is -16.9. The van der Waals surface area contributed by atoms with E-state index < -0.39 is 0 Å². The highest BCUT2D eigenvalue weighted by Crippen LogP contribution is 2.49. The monoisotopic (exact) mass is 1580 g/mol. The van der Waals surface area contributed by atoms with Gasteiger partial charge in [0.2, 0.25) is 0 Å². The van der Waals surface area contributed by atoms with Crippen LogP contribution in [-0.4, -0.2) is 66.1 Å². The van der Waals surface area contributed by atoms with Crippen LogP contribution in [0.2, 0.25) is 0 Å². The normalized spacial score (nSPS) is 12.0. The summed E-state index contributed by atoms with van der Waals surface area (Å²) in [7, 11) is 0. The number of para-hydroxylation sites is 4. The number of hydrogen-bond acceptors (Lipinski definition) is 13. The van der Waals surface area contributed by atoms with Gasteiger partial charge < -0.3 is 14.4 Å². The molecular formula is C109H69BN14. The molecule has 0 radical (unpaired) electrons. The second-order valence-corrected chi connectivity index (χ2v) is 30.8. The van der Waals surface area contributed by atoms with E-state index >= 15 is 0 Å². The van der Waals surface area contributed by atoms with Crippen molar-refractivity contribution in [2.75, 3.05) is 9.80 Å². The highest BCUT2D eigenvalue weighted by atomic mass is 15.2. The third-order valence-corrected chi connectivity index (χ3v) is 23.3. The second kappa shape index (κ2) is 30.8. The molecule has 5 aromatic heterocycles. The molecule has 2 aliphatic heterocycles. The van der Waals surface area contributed by atoms with Crippen LogP contribution in [-0.2, 0) is 0 Å². The smallest absolute Gasteiger partial charge is 0.252 e. The lowest BCUT2D eigenvalue weighted by molar-refractivity contribution is 1.06. The summed E-state index contributed by atoms with van der Waals surface area (Å²) in [6.45, 7) is -0.104. The van der Waals surface area contributed by atoms with Crippen LogP contribution in [0.1, 0.15) is 0 Å². The maximum absolute atomic E-state index is 5.83. The average Bonchev–Trinajstić information content (AvgIpc) is 0.851. The van der Waals surface area contributed by atoms with Gasteiger partial charge in [-0.15, -0.1) is 0 Å². The van der Waals surface area contributed by atoms with Gasteiger partial charge in [-0.05, 0) is 131 Å². The number of anilines is 6. The number of hydrogen-bond donors (Lipinski definition) is 0. The second-order valence-electron chi connectivity index (χ2n) is 30.8. The van der Waals surface area contributed by atoms with Crippen molar-refractivity contribution in [2.24, 2.45) is 0 Å². The lowest BCUT2D eigenvalue weighted by Crippen LogP contribution is -2.61. The number of benzene rings is 16. The Kier molecular flexibility index (Phi) is 18.0. The first-order valence-corrected chi connectivity index (χ1v) is 41.4. The fourth-order valence-corrected chi connectivity index (χ4v) is 17.6. The molecule has 21 aromatic rings. The highest BCUT2D eigenvalue weighted by molar-refractivity contribution is 7.00. The first-order chi connectivity index (χ1) is 61.5. The molecule has 2 aliphatic rings. The Morgan fingerprint density at radius 2 is 0.500 bits per heavy atom. The first-order valence-electron chi connectivity index (χ1n) is 41.4. The lowest BCUT2D eigenvalue weighted by atomic mass is 9.33. The van der Waals surface area contributed by atoms with Gasteiger partial charge in [-0.25, -0.2) is 54.8 Å². The van der Waals surface area contributed by atoms with E-state index in [1.165, 1.54) is 16.4 Å². The van der Waals surface area contributed by atoms with Crippen LogP contribution in [0.4, 0.5) is 34.1 Å². The number of nitrogens with zero attached hydrogens (tertiary/aromatic N) is 14. The van der Waals surface area contributed by atoms with Crippen molar-refractivity contribution in [3.63, 3.8) is 0 Å². The van der Waals surface area contributed by atoms with E-state index in [1.807, 2.05) is 176 Å². The minimum absolute atomic E-state index is 0.104. The van der Waals surface area contributed by atoms with E-state index in [1.54, 1.807) is 0 Å². The van der Waals surface area contributed by atoms with Gasteiger partial charge in [-0.3, -0.25) is 0 Å². The molecule has 0 saturated heterocycles. The topological polar surface area (TPSA) is 153 Å². The zero-order valence-corrected chi connectivity index (χ0v) is 66.7. The minimum atomic E-state index is -0.104. The summed E-state index contributed by atoms with van der Waals surface area (Å²) in [4.78, 5) is 64.4. The SMILES string of the molecule is c1ccc(-c2cc(-c3ccccc3)nc(-c3ccc(-n4c5ccc(-c6nc(-c7ccccc7)nc(-c7ccccc7)n6)cc5c5cc(-c6nc(-c7ccccc7)nc(-c7ccccc7)n6)ccc54)c(-c4nc(-c5ccccc5)nc(-c5cccc(-c6ccc7c8c6N(c6ccccc6)c6ccccc6B8c6ccccc6N7c6ccccc6)c5)n4)c3)n2)cc1. The number of fused-ring (bicyclic) bond motifs is 7. The van der Waals surface area contributed by atoms with Gasteiger partial charge >= 0.3 is 0 Å². The van der Waals surface area contributed by atoms with Gasteiger partial charge in [0, 0.05) is 112 Å². The Labute approximate surface area is 715 Å². The molecule has 0 atom stereocenters. The number of aromatic nitrogens is 12. The van der Waals surface area contributed by atoms with Crippen LogP contribution in [0.15, 0.2) is 419 Å². The van der Waals surface area contributed by atoms with Crippen LogP contribution < -0.4 is 26.2 Å².